The zero-order valence-corrected chi connectivity index (χ0v) is 19.5. The number of carbonyl (C=O) groups excluding carboxylic acids is 3. The van der Waals surface area contributed by atoms with Crippen molar-refractivity contribution in [2.45, 2.75) is 31.2 Å². The summed E-state index contributed by atoms with van der Waals surface area (Å²) in [6.45, 7) is 0.0975. The second kappa shape index (κ2) is 12.1. The Morgan fingerprint density at radius 2 is 1.79 bits per heavy atom. The van der Waals surface area contributed by atoms with Gasteiger partial charge in [0.2, 0.25) is 5.91 Å². The van der Waals surface area contributed by atoms with E-state index in [-0.39, 0.29) is 12.5 Å². The number of benzene rings is 2. The lowest BCUT2D eigenvalue weighted by molar-refractivity contribution is -0.164. The minimum Gasteiger partial charge on any atom is -0.467 e. The van der Waals surface area contributed by atoms with Gasteiger partial charge in [0.15, 0.2) is 0 Å². The van der Waals surface area contributed by atoms with E-state index >= 15 is 0 Å². The molecule has 7 nitrogen and oxygen atoms in total. The average molecular weight is 469 g/mol. The van der Waals surface area contributed by atoms with Crippen LogP contribution < -0.4 is 5.32 Å². The Morgan fingerprint density at radius 1 is 1.12 bits per heavy atom. The van der Waals surface area contributed by atoms with Crippen molar-refractivity contribution < 1.29 is 23.9 Å². The number of carbonyl (C=O) groups is 3. The lowest BCUT2D eigenvalue weighted by Crippen LogP contribution is -2.73. The van der Waals surface area contributed by atoms with E-state index in [4.69, 9.17) is 9.47 Å². The molecule has 1 heterocycles. The van der Waals surface area contributed by atoms with E-state index < -0.39 is 30.2 Å². The summed E-state index contributed by atoms with van der Waals surface area (Å²) in [6.07, 6.45) is 5.41. The Kier molecular flexibility index (Phi) is 8.95. The van der Waals surface area contributed by atoms with Crippen LogP contribution >= 0.6 is 11.8 Å². The van der Waals surface area contributed by atoms with Gasteiger partial charge in [-0.2, -0.15) is 11.8 Å². The smallest absolute Gasteiger partial charge is 0.408 e. The second-order valence-electron chi connectivity index (χ2n) is 7.51. The highest BCUT2D eigenvalue weighted by atomic mass is 32.2. The standard InChI is InChI=1S/C25H28N2O5S/c1-31-24(29)21(15-16-33-2)27-20(14-13-18-9-5-3-6-10-18)22(23(27)28)26-25(30)32-17-19-11-7-4-8-12-19/h3-14,20-22H,15-17H2,1-2H3,(H,26,30)/t20?,21-,22?/m0/s1. The van der Waals surface area contributed by atoms with Crippen molar-refractivity contribution in [3.8, 4) is 0 Å². The number of hydrogen-bond acceptors (Lipinski definition) is 6. The monoisotopic (exact) mass is 468 g/mol. The molecule has 0 aromatic heterocycles. The molecule has 0 spiro atoms. The Bertz CT molecular complexity index is 967. The van der Waals surface area contributed by atoms with Crippen LogP contribution in [0.4, 0.5) is 4.79 Å². The van der Waals surface area contributed by atoms with Gasteiger partial charge in [-0.05, 0) is 29.6 Å². The van der Waals surface area contributed by atoms with Crippen LogP contribution in [-0.4, -0.2) is 60.1 Å². The van der Waals surface area contributed by atoms with E-state index in [9.17, 15) is 14.4 Å². The lowest BCUT2D eigenvalue weighted by Gasteiger charge is -2.48. The van der Waals surface area contributed by atoms with E-state index in [1.165, 1.54) is 12.0 Å². The van der Waals surface area contributed by atoms with Crippen LogP contribution in [0.15, 0.2) is 66.7 Å². The minimum atomic E-state index is -0.824. The first-order valence-corrected chi connectivity index (χ1v) is 12.0. The molecule has 1 saturated heterocycles. The van der Waals surface area contributed by atoms with Crippen LogP contribution in [0.1, 0.15) is 17.5 Å². The third kappa shape index (κ3) is 6.38. The molecule has 1 aliphatic heterocycles. The van der Waals surface area contributed by atoms with E-state index in [2.05, 4.69) is 5.32 Å². The number of esters is 1. The summed E-state index contributed by atoms with van der Waals surface area (Å²) < 4.78 is 10.2. The van der Waals surface area contributed by atoms with Gasteiger partial charge in [0.1, 0.15) is 18.7 Å². The fourth-order valence-electron chi connectivity index (χ4n) is 3.65. The number of amides is 2. The number of ether oxygens (including phenoxy) is 2. The maximum atomic E-state index is 13.0. The minimum absolute atomic E-state index is 0.0975. The topological polar surface area (TPSA) is 84.9 Å². The molecule has 2 aromatic rings. The number of hydrogen-bond donors (Lipinski definition) is 1. The van der Waals surface area contributed by atoms with Crippen LogP contribution in [0.5, 0.6) is 0 Å². The van der Waals surface area contributed by atoms with Crippen LogP contribution in [0, 0.1) is 0 Å². The summed E-state index contributed by atoms with van der Waals surface area (Å²) >= 11 is 1.58. The molecule has 0 aliphatic carbocycles. The predicted octanol–water partition coefficient (Wildman–Crippen LogP) is 3.50. The molecular formula is C25H28N2O5S. The molecule has 0 saturated carbocycles. The van der Waals surface area contributed by atoms with Gasteiger partial charge in [-0.15, -0.1) is 0 Å². The van der Waals surface area contributed by atoms with Gasteiger partial charge in [-0.1, -0.05) is 72.8 Å². The Hall–Kier alpha value is -3.26. The highest BCUT2D eigenvalue weighted by molar-refractivity contribution is 7.98. The second-order valence-corrected chi connectivity index (χ2v) is 8.50. The first-order valence-electron chi connectivity index (χ1n) is 10.6. The van der Waals surface area contributed by atoms with Crippen molar-refractivity contribution in [3.63, 3.8) is 0 Å². The third-order valence-electron chi connectivity index (χ3n) is 5.36. The molecule has 2 amide bonds. The molecule has 1 N–H and O–H groups in total. The molecule has 2 aromatic carbocycles. The van der Waals surface area contributed by atoms with Crippen LogP contribution in [0.25, 0.3) is 6.08 Å². The average Bonchev–Trinajstić information content (AvgIpc) is 2.86. The largest absolute Gasteiger partial charge is 0.467 e. The number of likely N-dealkylation sites (tertiary alicyclic amines) is 1. The molecule has 8 heteroatoms. The van der Waals surface area contributed by atoms with E-state index in [1.54, 1.807) is 11.8 Å². The van der Waals surface area contributed by atoms with Crippen molar-refractivity contribution in [1.82, 2.24) is 10.2 Å². The van der Waals surface area contributed by atoms with Gasteiger partial charge in [0.05, 0.1) is 13.2 Å². The number of nitrogens with zero attached hydrogens (tertiary/aromatic N) is 1. The van der Waals surface area contributed by atoms with Crippen LogP contribution in [-0.2, 0) is 25.7 Å². The number of β-lactam (4-membered cyclic amide) rings is 1. The van der Waals surface area contributed by atoms with Gasteiger partial charge in [0, 0.05) is 0 Å². The normalized spacial score (nSPS) is 18.5. The quantitative estimate of drug-likeness (QED) is 0.424. The van der Waals surface area contributed by atoms with Crippen LogP contribution in [0.3, 0.4) is 0 Å². The predicted molar refractivity (Wildman–Crippen MR) is 128 cm³/mol. The zero-order valence-electron chi connectivity index (χ0n) is 18.7. The summed E-state index contributed by atoms with van der Waals surface area (Å²) in [6, 6.07) is 16.8. The van der Waals surface area contributed by atoms with Crippen molar-refractivity contribution in [1.29, 1.82) is 0 Å². The molecule has 1 fully saturated rings. The third-order valence-corrected chi connectivity index (χ3v) is 6.00. The Morgan fingerprint density at radius 3 is 2.42 bits per heavy atom. The summed E-state index contributed by atoms with van der Waals surface area (Å²) in [7, 11) is 1.31. The Labute approximate surface area is 198 Å². The van der Waals surface area contributed by atoms with Crippen molar-refractivity contribution in [2.24, 2.45) is 0 Å². The van der Waals surface area contributed by atoms with Crippen molar-refractivity contribution >= 4 is 35.8 Å². The van der Waals surface area contributed by atoms with Gasteiger partial charge in [-0.3, -0.25) is 4.79 Å². The lowest BCUT2D eigenvalue weighted by atomic mass is 9.90. The van der Waals surface area contributed by atoms with Gasteiger partial charge < -0.3 is 19.7 Å². The van der Waals surface area contributed by atoms with E-state index in [0.717, 1.165) is 11.1 Å². The number of alkyl carbamates (subject to hydrolysis) is 1. The van der Waals surface area contributed by atoms with Crippen LogP contribution in [0.2, 0.25) is 0 Å². The number of rotatable bonds is 10. The molecule has 0 bridgehead atoms. The maximum Gasteiger partial charge on any atom is 0.408 e. The summed E-state index contributed by atoms with van der Waals surface area (Å²) in [4.78, 5) is 39.4. The van der Waals surface area contributed by atoms with Crippen molar-refractivity contribution in [2.75, 3.05) is 19.1 Å². The number of thioether (sulfide) groups is 1. The molecule has 3 atom stereocenters. The Balaban J connectivity index is 1.74. The highest BCUT2D eigenvalue weighted by Crippen LogP contribution is 2.28. The molecule has 0 radical (unpaired) electrons. The summed E-state index contributed by atoms with van der Waals surface area (Å²) in [5.41, 5.74) is 1.79. The van der Waals surface area contributed by atoms with Gasteiger partial charge >= 0.3 is 12.1 Å². The fraction of sp³-hybridized carbons (Fsp3) is 0.320. The first-order chi connectivity index (χ1) is 16.0. The molecule has 3 rings (SSSR count). The van der Waals surface area contributed by atoms with E-state index in [1.807, 2.05) is 79.1 Å². The number of nitrogens with one attached hydrogen (secondary N) is 1. The maximum absolute atomic E-state index is 13.0. The van der Waals surface area contributed by atoms with Gasteiger partial charge in [0.25, 0.3) is 0 Å². The zero-order chi connectivity index (χ0) is 23.6. The molecule has 174 valence electrons. The summed E-state index contributed by atoms with van der Waals surface area (Å²) in [5, 5.41) is 2.66. The first kappa shape index (κ1) is 24.4. The fourth-order valence-corrected chi connectivity index (χ4v) is 4.10. The SMILES string of the molecule is COC(=O)[C@H](CCSC)N1C(=O)C(NC(=O)OCc2ccccc2)C1C=Cc1ccccc1. The molecule has 1 aliphatic rings. The molecule has 2 unspecified atom stereocenters. The number of methoxy groups -OCH3 is 1. The summed E-state index contributed by atoms with van der Waals surface area (Å²) in [5.74, 6) is -0.123. The highest BCUT2D eigenvalue weighted by Gasteiger charge is 2.52. The van der Waals surface area contributed by atoms with E-state index in [0.29, 0.717) is 12.2 Å². The molecule has 33 heavy (non-hydrogen) atoms. The van der Waals surface area contributed by atoms with Gasteiger partial charge in [-0.25, -0.2) is 9.59 Å². The van der Waals surface area contributed by atoms with Crippen molar-refractivity contribution in [3.05, 3.63) is 77.9 Å². The molecular weight excluding hydrogens is 440 g/mol.